The average molecular weight is 611 g/mol. The number of nitrogens with zero attached hydrogens (tertiary/aromatic N) is 2. The summed E-state index contributed by atoms with van der Waals surface area (Å²) in [7, 11) is 0. The van der Waals surface area contributed by atoms with Crippen LogP contribution in [0, 0.1) is 0 Å². The summed E-state index contributed by atoms with van der Waals surface area (Å²) in [6.45, 7) is 7.02. The van der Waals surface area contributed by atoms with Gasteiger partial charge in [-0.2, -0.15) is 17.6 Å². The Kier molecular flexibility index (Phi) is 7.49. The molecule has 9 heteroatoms. The van der Waals surface area contributed by atoms with E-state index in [0.29, 0.717) is 18.2 Å². The van der Waals surface area contributed by atoms with Crippen LogP contribution in [0.15, 0.2) is 66.7 Å². The zero-order valence-corrected chi connectivity index (χ0v) is 22.2. The van der Waals surface area contributed by atoms with E-state index in [4.69, 9.17) is 4.98 Å². The van der Waals surface area contributed by atoms with Gasteiger partial charge in [-0.3, -0.25) is 4.57 Å². The van der Waals surface area contributed by atoms with Crippen LogP contribution >= 0.6 is 22.6 Å². The van der Waals surface area contributed by atoms with Gasteiger partial charge in [-0.25, -0.2) is 4.98 Å². The van der Waals surface area contributed by atoms with Crippen molar-refractivity contribution in [3.05, 3.63) is 83.4 Å². The van der Waals surface area contributed by atoms with Crippen LogP contribution in [0.2, 0.25) is 0 Å². The fourth-order valence-corrected chi connectivity index (χ4v) is 4.23. The number of imidazole rings is 1. The number of hydrogen-bond acceptors (Lipinski definition) is 3. The maximum atomic E-state index is 13.3. The molecule has 0 radical (unpaired) electrons. The molecule has 190 valence electrons. The van der Waals surface area contributed by atoms with Crippen molar-refractivity contribution in [1.29, 1.82) is 0 Å². The summed E-state index contributed by atoms with van der Waals surface area (Å²) in [5.74, 6) is 0.219. The van der Waals surface area contributed by atoms with Gasteiger partial charge in [0.2, 0.25) is 5.95 Å². The number of halogens is 5. The number of rotatable bonds is 8. The molecule has 0 saturated carbocycles. The Balaban J connectivity index is 1.66. The molecule has 0 amide bonds. The van der Waals surface area contributed by atoms with Crippen LogP contribution < -0.4 is 10.1 Å². The molecular weight excluding hydrogens is 585 g/mol. The van der Waals surface area contributed by atoms with E-state index < -0.39 is 12.5 Å². The van der Waals surface area contributed by atoms with Gasteiger partial charge in [-0.15, -0.1) is 0 Å². The number of fused-ring (bicyclic) bond motifs is 1. The summed E-state index contributed by atoms with van der Waals surface area (Å²) in [5, 5.41) is 3.38. The SMILES string of the molecule is CC(C)(C)c1ccc(CNc2nc3ccc(CI)cc3n2-c2ccc(OC(F)(F)C(F)F)cc2)cc1. The predicted molar refractivity (Wildman–Crippen MR) is 143 cm³/mol. The lowest BCUT2D eigenvalue weighted by Crippen LogP contribution is -2.33. The third-order valence-electron chi connectivity index (χ3n) is 5.75. The fraction of sp³-hybridized carbons (Fsp3) is 0.296. The van der Waals surface area contributed by atoms with Crippen molar-refractivity contribution in [1.82, 2.24) is 9.55 Å². The Labute approximate surface area is 220 Å². The zero-order chi connectivity index (χ0) is 26.1. The molecule has 1 aromatic heterocycles. The van der Waals surface area contributed by atoms with Gasteiger partial charge < -0.3 is 10.1 Å². The van der Waals surface area contributed by atoms with Crippen molar-refractivity contribution in [3.8, 4) is 11.4 Å². The first-order valence-corrected chi connectivity index (χ1v) is 12.9. The molecule has 36 heavy (non-hydrogen) atoms. The lowest BCUT2D eigenvalue weighted by molar-refractivity contribution is -0.253. The lowest BCUT2D eigenvalue weighted by atomic mass is 9.87. The van der Waals surface area contributed by atoms with Gasteiger partial charge in [-0.1, -0.05) is 73.7 Å². The molecule has 4 nitrogen and oxygen atoms in total. The van der Waals surface area contributed by atoms with Crippen molar-refractivity contribution in [2.45, 2.75) is 49.7 Å². The summed E-state index contributed by atoms with van der Waals surface area (Å²) in [5.41, 5.74) is 5.70. The summed E-state index contributed by atoms with van der Waals surface area (Å²) >= 11 is 2.28. The van der Waals surface area contributed by atoms with Gasteiger partial charge in [0.25, 0.3) is 0 Å². The second kappa shape index (κ2) is 10.3. The first-order chi connectivity index (χ1) is 17.0. The molecule has 4 aromatic rings. The van der Waals surface area contributed by atoms with Crippen LogP contribution in [0.4, 0.5) is 23.5 Å². The first-order valence-electron chi connectivity index (χ1n) is 11.3. The van der Waals surface area contributed by atoms with Crippen LogP contribution in [0.25, 0.3) is 16.7 Å². The Morgan fingerprint density at radius 2 is 1.58 bits per heavy atom. The monoisotopic (exact) mass is 611 g/mol. The highest BCUT2D eigenvalue weighted by atomic mass is 127. The minimum atomic E-state index is -4.56. The Bertz CT molecular complexity index is 1330. The van der Waals surface area contributed by atoms with Gasteiger partial charge in [0.05, 0.1) is 11.0 Å². The molecule has 1 heterocycles. The summed E-state index contributed by atoms with van der Waals surface area (Å²) < 4.78 is 58.5. The number of aromatic nitrogens is 2. The number of anilines is 1. The normalized spacial score (nSPS) is 12.4. The average Bonchev–Trinajstić information content (AvgIpc) is 3.20. The summed E-state index contributed by atoms with van der Waals surface area (Å²) in [6.07, 6.45) is -8.48. The van der Waals surface area contributed by atoms with Gasteiger partial charge in [0, 0.05) is 16.7 Å². The Morgan fingerprint density at radius 3 is 2.17 bits per heavy atom. The van der Waals surface area contributed by atoms with Crippen molar-refractivity contribution in [3.63, 3.8) is 0 Å². The number of nitrogens with one attached hydrogen (secondary N) is 1. The first kappa shape index (κ1) is 26.2. The molecule has 0 atom stereocenters. The van der Waals surface area contributed by atoms with E-state index in [1.54, 1.807) is 0 Å². The molecule has 0 saturated heterocycles. The van der Waals surface area contributed by atoms with Crippen LogP contribution in [-0.2, 0) is 16.4 Å². The molecule has 0 spiro atoms. The maximum Gasteiger partial charge on any atom is 0.461 e. The highest BCUT2D eigenvalue weighted by Gasteiger charge is 2.43. The van der Waals surface area contributed by atoms with E-state index >= 15 is 0 Å². The molecule has 0 aliphatic carbocycles. The van der Waals surface area contributed by atoms with Crippen LogP contribution in [-0.4, -0.2) is 22.1 Å². The number of benzene rings is 3. The number of hydrogen-bond donors (Lipinski definition) is 1. The van der Waals surface area contributed by atoms with Crippen molar-refractivity contribution in [2.24, 2.45) is 0 Å². The molecule has 0 aliphatic heterocycles. The van der Waals surface area contributed by atoms with Crippen molar-refractivity contribution in [2.75, 3.05) is 5.32 Å². The highest BCUT2D eigenvalue weighted by Crippen LogP contribution is 2.31. The predicted octanol–water partition coefficient (Wildman–Crippen LogP) is 8.11. The fourth-order valence-electron chi connectivity index (χ4n) is 3.75. The molecular formula is C27H26F4IN3O. The molecule has 3 aromatic carbocycles. The molecule has 1 N–H and O–H groups in total. The van der Waals surface area contributed by atoms with E-state index in [2.05, 4.69) is 77.7 Å². The van der Waals surface area contributed by atoms with Gasteiger partial charge in [-0.05, 0) is 58.5 Å². The zero-order valence-electron chi connectivity index (χ0n) is 20.0. The van der Waals surface area contributed by atoms with Gasteiger partial charge in [0.15, 0.2) is 0 Å². The smallest absolute Gasteiger partial charge is 0.428 e. The van der Waals surface area contributed by atoms with E-state index in [-0.39, 0.29) is 11.2 Å². The van der Waals surface area contributed by atoms with Crippen LogP contribution in [0.3, 0.4) is 0 Å². The Morgan fingerprint density at radius 1 is 0.944 bits per heavy atom. The second-order valence-corrected chi connectivity index (χ2v) is 10.2. The third kappa shape index (κ3) is 5.77. The minimum Gasteiger partial charge on any atom is -0.428 e. The van der Waals surface area contributed by atoms with E-state index in [9.17, 15) is 17.6 Å². The van der Waals surface area contributed by atoms with Gasteiger partial charge in [0.1, 0.15) is 5.75 Å². The van der Waals surface area contributed by atoms with E-state index in [0.717, 1.165) is 26.6 Å². The van der Waals surface area contributed by atoms with Crippen molar-refractivity contribution >= 4 is 39.6 Å². The molecule has 0 bridgehead atoms. The Hall–Kier alpha value is -2.82. The molecule has 0 fully saturated rings. The second-order valence-electron chi connectivity index (χ2n) is 9.49. The van der Waals surface area contributed by atoms with Crippen LogP contribution in [0.1, 0.15) is 37.5 Å². The number of ether oxygens (including phenoxy) is 1. The summed E-state index contributed by atoms with van der Waals surface area (Å²) in [6, 6.07) is 19.9. The number of alkyl halides is 5. The van der Waals surface area contributed by atoms with E-state index in [1.165, 1.54) is 29.8 Å². The molecule has 0 aliphatic rings. The third-order valence-corrected chi connectivity index (χ3v) is 6.63. The largest absolute Gasteiger partial charge is 0.461 e. The molecule has 0 unspecified atom stereocenters. The maximum absolute atomic E-state index is 13.3. The van der Waals surface area contributed by atoms with Crippen molar-refractivity contribution < 1.29 is 22.3 Å². The topological polar surface area (TPSA) is 39.1 Å². The summed E-state index contributed by atoms with van der Waals surface area (Å²) in [4.78, 5) is 4.74. The lowest BCUT2D eigenvalue weighted by Gasteiger charge is -2.19. The highest BCUT2D eigenvalue weighted by molar-refractivity contribution is 14.1. The van der Waals surface area contributed by atoms with Gasteiger partial charge >= 0.3 is 12.5 Å². The molecule has 4 rings (SSSR count). The van der Waals surface area contributed by atoms with E-state index in [1.807, 2.05) is 22.8 Å². The standard InChI is InChI=1S/C27H26F4IN3O/c1-26(2,3)19-7-4-17(5-8-19)16-33-25-34-22-13-6-18(15-32)14-23(22)35(25)20-9-11-21(12-10-20)36-27(30,31)24(28)29/h4-14,24H,15-16H2,1-3H3,(H,33,34). The quantitative estimate of drug-likeness (QED) is 0.124. The van der Waals surface area contributed by atoms with Crippen LogP contribution in [0.5, 0.6) is 5.75 Å². The minimum absolute atomic E-state index is 0.0610.